The molecule has 0 atom stereocenters. The van der Waals surface area contributed by atoms with Crippen molar-refractivity contribution < 1.29 is 9.47 Å². The Balaban J connectivity index is 2.11. The van der Waals surface area contributed by atoms with Gasteiger partial charge in [-0.1, -0.05) is 0 Å². The summed E-state index contributed by atoms with van der Waals surface area (Å²) < 4.78 is 10.4. The summed E-state index contributed by atoms with van der Waals surface area (Å²) in [6, 6.07) is 0.352. The van der Waals surface area contributed by atoms with Crippen LogP contribution in [0, 0.1) is 0 Å². The monoisotopic (exact) mass is 267 g/mol. The molecule has 19 heavy (non-hydrogen) atoms. The summed E-state index contributed by atoms with van der Waals surface area (Å²) in [5.41, 5.74) is 0. The van der Waals surface area contributed by atoms with Crippen molar-refractivity contribution >= 4 is 11.9 Å². The Hall–Kier alpha value is -1.63. The molecule has 1 aromatic rings. The van der Waals surface area contributed by atoms with Crippen LogP contribution in [-0.4, -0.2) is 54.9 Å². The van der Waals surface area contributed by atoms with Crippen molar-refractivity contribution in [2.24, 2.45) is 0 Å². The van der Waals surface area contributed by atoms with Crippen LogP contribution in [-0.2, 0) is 4.74 Å². The van der Waals surface area contributed by atoms with Crippen LogP contribution in [0.5, 0.6) is 6.01 Å². The molecule has 1 N–H and O–H groups in total. The normalized spacial score (nSPS) is 14.7. The van der Waals surface area contributed by atoms with E-state index in [4.69, 9.17) is 9.47 Å². The van der Waals surface area contributed by atoms with Crippen LogP contribution in [0.3, 0.4) is 0 Å². The van der Waals surface area contributed by atoms with E-state index in [2.05, 4.69) is 25.2 Å². The number of methoxy groups -OCH3 is 1. The molecule has 106 valence electrons. The molecule has 1 saturated heterocycles. The molecule has 0 saturated carbocycles. The van der Waals surface area contributed by atoms with Crippen LogP contribution in [0.1, 0.15) is 19.8 Å². The number of nitrogens with one attached hydrogen (secondary N) is 1. The summed E-state index contributed by atoms with van der Waals surface area (Å²) in [5, 5.41) is 3.10. The fourth-order valence-corrected chi connectivity index (χ4v) is 1.92. The highest BCUT2D eigenvalue weighted by Gasteiger charge is 2.17. The van der Waals surface area contributed by atoms with Gasteiger partial charge in [0.15, 0.2) is 0 Å². The summed E-state index contributed by atoms with van der Waals surface area (Å²) in [7, 11) is 1.64. The third-order valence-corrected chi connectivity index (χ3v) is 2.85. The zero-order chi connectivity index (χ0) is 13.5. The Morgan fingerprint density at radius 2 is 1.95 bits per heavy atom. The van der Waals surface area contributed by atoms with E-state index < -0.39 is 0 Å². The molecule has 0 aromatic carbocycles. The maximum absolute atomic E-state index is 5.48. The molecule has 0 spiro atoms. The molecule has 7 heteroatoms. The highest BCUT2D eigenvalue weighted by atomic mass is 16.5. The van der Waals surface area contributed by atoms with Crippen LogP contribution in [0.15, 0.2) is 0 Å². The molecular formula is C12H21N5O2. The fourth-order valence-electron chi connectivity index (χ4n) is 1.92. The van der Waals surface area contributed by atoms with E-state index in [1.807, 2.05) is 6.92 Å². The highest BCUT2D eigenvalue weighted by molar-refractivity contribution is 5.39. The first kappa shape index (κ1) is 13.8. The molecule has 1 fully saturated rings. The van der Waals surface area contributed by atoms with Crippen LogP contribution < -0.4 is 15.0 Å². The number of nitrogens with zero attached hydrogens (tertiary/aromatic N) is 4. The van der Waals surface area contributed by atoms with Crippen LogP contribution in [0.25, 0.3) is 0 Å². The molecule has 1 aliphatic rings. The Morgan fingerprint density at radius 3 is 2.63 bits per heavy atom. The largest absolute Gasteiger partial charge is 0.461 e. The lowest BCUT2D eigenvalue weighted by Gasteiger charge is -2.16. The lowest BCUT2D eigenvalue weighted by molar-refractivity contribution is 0.141. The second-order valence-corrected chi connectivity index (χ2v) is 4.31. The molecule has 0 aliphatic carbocycles. The smallest absolute Gasteiger partial charge is 0.323 e. The summed E-state index contributed by atoms with van der Waals surface area (Å²) in [5.74, 6) is 1.25. The Labute approximate surface area is 113 Å². The minimum atomic E-state index is 0.352. The molecule has 0 unspecified atom stereocenters. The molecule has 0 amide bonds. The van der Waals surface area contributed by atoms with E-state index in [0.717, 1.165) is 19.6 Å². The number of hydrogen-bond acceptors (Lipinski definition) is 7. The van der Waals surface area contributed by atoms with Gasteiger partial charge < -0.3 is 19.7 Å². The van der Waals surface area contributed by atoms with Crippen molar-refractivity contribution in [1.82, 2.24) is 15.0 Å². The molecule has 0 radical (unpaired) electrons. The van der Waals surface area contributed by atoms with Gasteiger partial charge in [0.2, 0.25) is 11.9 Å². The number of ether oxygens (including phenoxy) is 2. The summed E-state index contributed by atoms with van der Waals surface area (Å²) >= 11 is 0. The van der Waals surface area contributed by atoms with Crippen LogP contribution >= 0.6 is 0 Å². The van der Waals surface area contributed by atoms with Gasteiger partial charge in [-0.2, -0.15) is 15.0 Å². The summed E-state index contributed by atoms with van der Waals surface area (Å²) in [4.78, 5) is 15.2. The SMILES string of the molecule is CCNc1nc(OCCOC)nc(N2CCCC2)n1. The highest BCUT2D eigenvalue weighted by Crippen LogP contribution is 2.19. The lowest BCUT2D eigenvalue weighted by Crippen LogP contribution is -2.22. The molecule has 0 bridgehead atoms. The second-order valence-electron chi connectivity index (χ2n) is 4.31. The van der Waals surface area contributed by atoms with Gasteiger partial charge in [-0.05, 0) is 19.8 Å². The zero-order valence-corrected chi connectivity index (χ0v) is 11.6. The van der Waals surface area contributed by atoms with Gasteiger partial charge in [0, 0.05) is 26.7 Å². The fraction of sp³-hybridized carbons (Fsp3) is 0.750. The van der Waals surface area contributed by atoms with E-state index in [1.54, 1.807) is 7.11 Å². The summed E-state index contributed by atoms with van der Waals surface area (Å²) in [6.07, 6.45) is 2.37. The quantitative estimate of drug-likeness (QED) is 0.737. The van der Waals surface area contributed by atoms with Crippen molar-refractivity contribution in [3.8, 4) is 6.01 Å². The first-order valence-corrected chi connectivity index (χ1v) is 6.70. The van der Waals surface area contributed by atoms with Crippen molar-refractivity contribution in [3.63, 3.8) is 0 Å². The molecule has 2 heterocycles. The van der Waals surface area contributed by atoms with Gasteiger partial charge in [0.25, 0.3) is 0 Å². The second kappa shape index (κ2) is 7.08. The van der Waals surface area contributed by atoms with Gasteiger partial charge in [-0.3, -0.25) is 0 Å². The van der Waals surface area contributed by atoms with Crippen LogP contribution in [0.4, 0.5) is 11.9 Å². The van der Waals surface area contributed by atoms with Gasteiger partial charge in [0.05, 0.1) is 6.61 Å². The molecular weight excluding hydrogens is 246 g/mol. The maximum Gasteiger partial charge on any atom is 0.323 e. The standard InChI is InChI=1S/C12H21N5O2/c1-3-13-10-14-11(17-6-4-5-7-17)16-12(15-10)19-9-8-18-2/h3-9H2,1-2H3,(H,13,14,15,16). The third kappa shape index (κ3) is 3.92. The van der Waals surface area contributed by atoms with Crippen LogP contribution in [0.2, 0.25) is 0 Å². The van der Waals surface area contributed by atoms with Crippen molar-refractivity contribution in [2.75, 3.05) is 50.2 Å². The average Bonchev–Trinajstić information content (AvgIpc) is 2.93. The third-order valence-electron chi connectivity index (χ3n) is 2.85. The first-order valence-electron chi connectivity index (χ1n) is 6.70. The number of rotatable bonds is 7. The predicted octanol–water partition coefficient (Wildman–Crippen LogP) is 0.929. The Morgan fingerprint density at radius 1 is 1.16 bits per heavy atom. The Bertz CT molecular complexity index is 396. The van der Waals surface area contributed by atoms with Crippen molar-refractivity contribution in [3.05, 3.63) is 0 Å². The number of anilines is 2. The topological polar surface area (TPSA) is 72.4 Å². The zero-order valence-electron chi connectivity index (χ0n) is 11.6. The van der Waals surface area contributed by atoms with E-state index in [-0.39, 0.29) is 0 Å². The molecule has 7 nitrogen and oxygen atoms in total. The Kier molecular flexibility index (Phi) is 5.14. The van der Waals surface area contributed by atoms with Crippen molar-refractivity contribution in [1.29, 1.82) is 0 Å². The van der Waals surface area contributed by atoms with Gasteiger partial charge >= 0.3 is 6.01 Å². The lowest BCUT2D eigenvalue weighted by atomic mass is 10.4. The van der Waals surface area contributed by atoms with E-state index >= 15 is 0 Å². The van der Waals surface area contributed by atoms with Gasteiger partial charge in [-0.25, -0.2) is 0 Å². The minimum absolute atomic E-state index is 0.352. The van der Waals surface area contributed by atoms with Crippen molar-refractivity contribution in [2.45, 2.75) is 19.8 Å². The number of hydrogen-bond donors (Lipinski definition) is 1. The van der Waals surface area contributed by atoms with E-state index in [1.165, 1.54) is 12.8 Å². The van der Waals surface area contributed by atoms with E-state index in [9.17, 15) is 0 Å². The maximum atomic E-state index is 5.48. The van der Waals surface area contributed by atoms with Gasteiger partial charge in [0.1, 0.15) is 6.61 Å². The average molecular weight is 267 g/mol. The predicted molar refractivity (Wildman–Crippen MR) is 72.8 cm³/mol. The molecule has 2 rings (SSSR count). The van der Waals surface area contributed by atoms with Gasteiger partial charge in [-0.15, -0.1) is 0 Å². The van der Waals surface area contributed by atoms with E-state index in [0.29, 0.717) is 31.1 Å². The molecule has 1 aromatic heterocycles. The summed E-state index contributed by atoms with van der Waals surface area (Å²) in [6.45, 7) is 5.71. The minimum Gasteiger partial charge on any atom is -0.461 e. The number of aromatic nitrogens is 3. The first-order chi connectivity index (χ1) is 9.33. The molecule has 1 aliphatic heterocycles.